The molecule has 0 bridgehead atoms. The number of carbonyl (C=O) groups is 1. The van der Waals surface area contributed by atoms with E-state index in [1.165, 1.54) is 41.9 Å². The summed E-state index contributed by atoms with van der Waals surface area (Å²) < 4.78 is 44.2. The molecule has 25 heavy (non-hydrogen) atoms. The molecule has 2 atom stereocenters. The number of ketones is 1. The molecule has 0 saturated carbocycles. The topological polar surface area (TPSA) is 103 Å². The zero-order chi connectivity index (χ0) is 19.4. The van der Waals surface area contributed by atoms with Crippen LogP contribution in [0.1, 0.15) is 11.8 Å². The molecule has 134 valence electrons. The molecule has 0 aliphatic carbocycles. The minimum atomic E-state index is -4.15. The van der Waals surface area contributed by atoms with Crippen LogP contribution >= 0.6 is 27.3 Å². The van der Waals surface area contributed by atoms with E-state index in [1.54, 1.807) is 0 Å². The molecule has 0 spiro atoms. The highest BCUT2D eigenvalue weighted by Gasteiger charge is 2.61. The van der Waals surface area contributed by atoms with Gasteiger partial charge in [-0.3, -0.25) is 4.79 Å². The fourth-order valence-corrected chi connectivity index (χ4v) is 4.14. The standard InChI is InChI=1S/C14H13BrF2N4O2S2/c1-13(20-25(23)8-19,11-4-10(15)7-24-11)14(16,17)12(22)9(5-18)6-21(2)3/h4,6-7,20H,1-3H3/b9-6+. The van der Waals surface area contributed by atoms with Crippen molar-refractivity contribution in [1.29, 1.82) is 10.5 Å². The number of allylic oxidation sites excluding steroid dienone is 1. The Bertz CT molecular complexity index is 770. The van der Waals surface area contributed by atoms with Crippen molar-refractivity contribution < 1.29 is 18.1 Å². The molecule has 0 amide bonds. The lowest BCUT2D eigenvalue weighted by Gasteiger charge is -2.34. The van der Waals surface area contributed by atoms with Crippen LogP contribution in [0.15, 0.2) is 27.7 Å². The van der Waals surface area contributed by atoms with E-state index in [2.05, 4.69) is 15.9 Å². The number of carbonyl (C=O) groups excluding carboxylic acids is 1. The van der Waals surface area contributed by atoms with Crippen LogP contribution in [0.2, 0.25) is 0 Å². The van der Waals surface area contributed by atoms with E-state index < -0.39 is 34.2 Å². The second kappa shape index (κ2) is 8.25. The van der Waals surface area contributed by atoms with Crippen LogP contribution in [-0.2, 0) is 21.7 Å². The highest BCUT2D eigenvalue weighted by molar-refractivity contribution is 9.10. The number of nitriles is 2. The van der Waals surface area contributed by atoms with Crippen LogP contribution in [0.5, 0.6) is 0 Å². The van der Waals surface area contributed by atoms with Crippen molar-refractivity contribution in [2.24, 2.45) is 0 Å². The number of thiocyanates is 1. The van der Waals surface area contributed by atoms with Gasteiger partial charge in [0, 0.05) is 35.0 Å². The quantitative estimate of drug-likeness (QED) is 0.296. The van der Waals surface area contributed by atoms with E-state index in [9.17, 15) is 9.35 Å². The Kier molecular flexibility index (Phi) is 7.11. The maximum Gasteiger partial charge on any atom is 0.340 e. The molecule has 0 saturated heterocycles. The molecular weight excluding hydrogens is 438 g/mol. The van der Waals surface area contributed by atoms with Gasteiger partial charge in [0.25, 0.3) is 0 Å². The van der Waals surface area contributed by atoms with Crippen molar-refractivity contribution in [2.45, 2.75) is 18.4 Å². The van der Waals surface area contributed by atoms with E-state index in [4.69, 9.17) is 10.5 Å². The SMILES string of the molecule is CN(C)/C=C(\C#N)C(=O)C(F)(F)C(C)(N[S+]([O-])C#N)c1cc(Br)cs1. The minimum Gasteiger partial charge on any atom is -0.583 e. The highest BCUT2D eigenvalue weighted by Crippen LogP contribution is 2.43. The van der Waals surface area contributed by atoms with Crippen LogP contribution in [0.3, 0.4) is 0 Å². The minimum absolute atomic E-state index is 0.0246. The fourth-order valence-electron chi connectivity index (χ4n) is 1.85. The van der Waals surface area contributed by atoms with Gasteiger partial charge in [-0.25, -0.2) is 0 Å². The molecule has 1 N–H and O–H groups in total. The second-order valence-corrected chi connectivity index (χ2v) is 7.99. The van der Waals surface area contributed by atoms with Crippen molar-refractivity contribution in [3.63, 3.8) is 0 Å². The Hall–Kier alpha value is -1.50. The molecular formula is C14H13BrF2N4O2S2. The second-order valence-electron chi connectivity index (χ2n) is 5.24. The Morgan fingerprint density at radius 3 is 2.52 bits per heavy atom. The summed E-state index contributed by atoms with van der Waals surface area (Å²) in [4.78, 5) is 13.6. The first-order valence-corrected chi connectivity index (χ1v) is 9.36. The summed E-state index contributed by atoms with van der Waals surface area (Å²) in [6.07, 6.45) is 0.974. The fraction of sp³-hybridized carbons (Fsp3) is 0.357. The van der Waals surface area contributed by atoms with Crippen molar-refractivity contribution in [1.82, 2.24) is 9.62 Å². The van der Waals surface area contributed by atoms with Crippen LogP contribution in [0.4, 0.5) is 8.78 Å². The summed E-state index contributed by atoms with van der Waals surface area (Å²) in [6.45, 7) is 0.961. The molecule has 0 fully saturated rings. The number of rotatable bonds is 7. The molecule has 0 aliphatic heterocycles. The van der Waals surface area contributed by atoms with Crippen LogP contribution in [0.25, 0.3) is 0 Å². The van der Waals surface area contributed by atoms with Crippen molar-refractivity contribution in [3.05, 3.63) is 32.6 Å². The maximum atomic E-state index is 15.1. The van der Waals surface area contributed by atoms with Crippen molar-refractivity contribution in [2.75, 3.05) is 14.1 Å². The monoisotopic (exact) mass is 450 g/mol. The number of nitrogens with zero attached hydrogens (tertiary/aromatic N) is 3. The summed E-state index contributed by atoms with van der Waals surface area (Å²) in [7, 11) is 2.95. The van der Waals surface area contributed by atoms with Gasteiger partial charge >= 0.3 is 11.3 Å². The average Bonchev–Trinajstić information content (AvgIpc) is 2.98. The summed E-state index contributed by atoms with van der Waals surface area (Å²) in [5.74, 6) is -5.89. The first kappa shape index (κ1) is 21.5. The van der Waals surface area contributed by atoms with Gasteiger partial charge in [-0.15, -0.1) is 21.3 Å². The molecule has 2 unspecified atom stereocenters. The first-order valence-electron chi connectivity index (χ1n) is 6.54. The molecule has 0 radical (unpaired) electrons. The van der Waals surface area contributed by atoms with Gasteiger partial charge in [-0.1, -0.05) is 0 Å². The summed E-state index contributed by atoms with van der Waals surface area (Å²) in [6, 6.07) is 2.78. The van der Waals surface area contributed by atoms with Crippen molar-refractivity contribution >= 4 is 44.4 Å². The van der Waals surface area contributed by atoms with E-state index >= 15 is 8.78 Å². The molecule has 11 heteroatoms. The van der Waals surface area contributed by atoms with Crippen LogP contribution < -0.4 is 4.72 Å². The number of hydrogen-bond acceptors (Lipinski definition) is 7. The van der Waals surface area contributed by atoms with Gasteiger partial charge < -0.3 is 9.45 Å². The van der Waals surface area contributed by atoms with Gasteiger partial charge in [0.15, 0.2) is 16.9 Å². The summed E-state index contributed by atoms with van der Waals surface area (Å²) >= 11 is 1.54. The van der Waals surface area contributed by atoms with E-state index in [0.717, 1.165) is 24.5 Å². The number of nitrogens with one attached hydrogen (secondary N) is 1. The third-order valence-electron chi connectivity index (χ3n) is 3.11. The largest absolute Gasteiger partial charge is 0.583 e. The van der Waals surface area contributed by atoms with Gasteiger partial charge in [0.05, 0.1) is 0 Å². The number of halogens is 3. The molecule has 0 aliphatic rings. The van der Waals surface area contributed by atoms with Gasteiger partial charge in [-0.05, 0) is 28.9 Å². The average molecular weight is 451 g/mol. The van der Waals surface area contributed by atoms with Gasteiger partial charge in [0.2, 0.25) is 5.78 Å². The van der Waals surface area contributed by atoms with Crippen LogP contribution in [-0.4, -0.2) is 35.3 Å². The lowest BCUT2D eigenvalue weighted by molar-refractivity contribution is -0.150. The predicted octanol–water partition coefficient (Wildman–Crippen LogP) is 2.63. The lowest BCUT2D eigenvalue weighted by atomic mass is 9.87. The number of alkyl halides is 2. The highest BCUT2D eigenvalue weighted by atomic mass is 79.9. The molecule has 1 aromatic heterocycles. The van der Waals surface area contributed by atoms with Crippen LogP contribution in [0, 0.1) is 22.0 Å². The maximum absolute atomic E-state index is 15.1. The molecule has 1 rings (SSSR count). The Morgan fingerprint density at radius 1 is 1.52 bits per heavy atom. The van der Waals surface area contributed by atoms with Gasteiger partial charge in [-0.2, -0.15) is 14.0 Å². The zero-order valence-corrected chi connectivity index (χ0v) is 16.6. The summed E-state index contributed by atoms with van der Waals surface area (Å²) in [5.41, 5.74) is -3.22. The number of hydrogen-bond donors (Lipinski definition) is 1. The number of thiophene rings is 1. The smallest absolute Gasteiger partial charge is 0.340 e. The summed E-state index contributed by atoms with van der Waals surface area (Å²) in [5, 5.41) is 20.6. The Morgan fingerprint density at radius 2 is 2.12 bits per heavy atom. The normalized spacial score (nSPS) is 15.6. The van der Waals surface area contributed by atoms with Gasteiger partial charge in [0.1, 0.15) is 11.6 Å². The molecule has 6 nitrogen and oxygen atoms in total. The molecule has 1 heterocycles. The third kappa shape index (κ3) is 4.57. The van der Waals surface area contributed by atoms with E-state index in [0.29, 0.717) is 4.47 Å². The zero-order valence-electron chi connectivity index (χ0n) is 13.3. The number of Topliss-reactive ketones (excluding diaryl/α,β-unsaturated/α-hetero) is 1. The lowest BCUT2D eigenvalue weighted by Crippen LogP contribution is -2.59. The van der Waals surface area contributed by atoms with E-state index in [-0.39, 0.29) is 4.88 Å². The van der Waals surface area contributed by atoms with Crippen molar-refractivity contribution in [3.8, 4) is 11.5 Å². The molecule has 1 aromatic rings. The predicted molar refractivity (Wildman–Crippen MR) is 93.6 cm³/mol. The van der Waals surface area contributed by atoms with E-state index in [1.807, 2.05) is 4.72 Å². The third-order valence-corrected chi connectivity index (χ3v) is 5.78. The Labute approximate surface area is 159 Å². The molecule has 0 aromatic carbocycles. The Balaban J connectivity index is 3.49. The first-order chi connectivity index (χ1) is 11.5.